The van der Waals surface area contributed by atoms with Crippen LogP contribution < -0.4 is 9.47 Å². The summed E-state index contributed by atoms with van der Waals surface area (Å²) in [5, 5.41) is 43.2. The van der Waals surface area contributed by atoms with Gasteiger partial charge < -0.3 is 39.9 Å². The molecule has 32 heavy (non-hydrogen) atoms. The first-order valence-electron chi connectivity index (χ1n) is 10.7. The molecule has 2 unspecified atom stereocenters. The van der Waals surface area contributed by atoms with Crippen molar-refractivity contribution >= 4 is 11.9 Å². The second kappa shape index (κ2) is 8.18. The number of nitrogens with zero attached hydrogens (tertiary/aromatic N) is 1. The lowest BCUT2D eigenvalue weighted by Crippen LogP contribution is -2.66. The molecule has 2 aliphatic heterocycles. The van der Waals surface area contributed by atoms with Crippen LogP contribution in [0.1, 0.15) is 30.4 Å². The minimum Gasteiger partial charge on any atom is -0.493 e. The van der Waals surface area contributed by atoms with Crippen molar-refractivity contribution in [3.05, 3.63) is 23.3 Å². The fraction of sp³-hybridized carbons (Fsp3) is 0.636. The number of aliphatic hydroxyl groups is 3. The van der Waals surface area contributed by atoms with E-state index >= 15 is 0 Å². The molecule has 5 rings (SSSR count). The Kier molecular flexibility index (Phi) is 5.83. The Bertz CT molecular complexity index is 903. The van der Waals surface area contributed by atoms with Gasteiger partial charge in [-0.05, 0) is 56.8 Å². The third-order valence-corrected chi connectivity index (χ3v) is 7.57. The summed E-state index contributed by atoms with van der Waals surface area (Å²) in [6.45, 7) is 1.09. The number of likely N-dealkylation sites (tertiary alicyclic amines) is 1. The van der Waals surface area contributed by atoms with E-state index in [4.69, 9.17) is 29.9 Å². The number of rotatable bonds is 4. The zero-order chi connectivity index (χ0) is 23.4. The molecular formula is C22H29NO9. The third-order valence-electron chi connectivity index (χ3n) is 7.57. The van der Waals surface area contributed by atoms with Crippen LogP contribution in [0.15, 0.2) is 12.1 Å². The molecule has 1 saturated heterocycles. The highest BCUT2D eigenvalue weighted by molar-refractivity contribution is 5.83. The predicted molar refractivity (Wildman–Crippen MR) is 110 cm³/mol. The number of carbonyl (C=O) groups is 2. The number of methoxy groups -OCH3 is 1. The summed E-state index contributed by atoms with van der Waals surface area (Å²) < 4.78 is 11.9. The molecule has 2 fully saturated rings. The molecule has 1 spiro atoms. The highest BCUT2D eigenvalue weighted by atomic mass is 16.5. The fourth-order valence-corrected chi connectivity index (χ4v) is 6.13. The van der Waals surface area contributed by atoms with E-state index in [1.807, 2.05) is 6.07 Å². The van der Waals surface area contributed by atoms with Crippen molar-refractivity contribution in [3.8, 4) is 11.5 Å². The van der Waals surface area contributed by atoms with Gasteiger partial charge in [-0.2, -0.15) is 0 Å². The molecule has 2 bridgehead atoms. The van der Waals surface area contributed by atoms with Crippen molar-refractivity contribution in [2.45, 2.75) is 61.6 Å². The fourth-order valence-electron chi connectivity index (χ4n) is 6.13. The van der Waals surface area contributed by atoms with Gasteiger partial charge in [0.15, 0.2) is 23.7 Å². The molecule has 2 aliphatic carbocycles. The van der Waals surface area contributed by atoms with Crippen molar-refractivity contribution in [1.82, 2.24) is 4.90 Å². The number of carboxylic acids is 2. The summed E-state index contributed by atoms with van der Waals surface area (Å²) in [4.78, 5) is 22.1. The van der Waals surface area contributed by atoms with E-state index in [1.54, 1.807) is 7.11 Å². The number of hydrogen-bond acceptors (Lipinski definition) is 8. The van der Waals surface area contributed by atoms with Crippen LogP contribution in [0, 0.1) is 5.92 Å². The second-order valence-electron chi connectivity index (χ2n) is 9.03. The molecule has 1 aromatic carbocycles. The van der Waals surface area contributed by atoms with E-state index in [0.29, 0.717) is 12.0 Å². The molecule has 5 N–H and O–H groups in total. The molecule has 2 heterocycles. The van der Waals surface area contributed by atoms with Crippen LogP contribution in [-0.2, 0) is 21.4 Å². The Morgan fingerprint density at radius 2 is 1.84 bits per heavy atom. The van der Waals surface area contributed by atoms with Crippen molar-refractivity contribution in [3.63, 3.8) is 0 Å². The minimum absolute atomic E-state index is 0.00625. The first-order valence-corrected chi connectivity index (χ1v) is 10.7. The molecule has 1 aromatic rings. The van der Waals surface area contributed by atoms with Crippen LogP contribution in [0.25, 0.3) is 0 Å². The largest absolute Gasteiger partial charge is 0.493 e. The Morgan fingerprint density at radius 3 is 2.44 bits per heavy atom. The smallest absolute Gasteiger partial charge is 0.335 e. The monoisotopic (exact) mass is 451 g/mol. The average Bonchev–Trinajstić information content (AvgIpc) is 3.12. The predicted octanol–water partition coefficient (Wildman–Crippen LogP) is -0.397. The van der Waals surface area contributed by atoms with E-state index in [-0.39, 0.29) is 17.6 Å². The number of ether oxygens (including phenoxy) is 2. The number of aliphatic carboxylic acids is 2. The Balaban J connectivity index is 0.000000211. The second-order valence-corrected chi connectivity index (χ2v) is 9.03. The van der Waals surface area contributed by atoms with Gasteiger partial charge in [0.1, 0.15) is 6.10 Å². The van der Waals surface area contributed by atoms with E-state index in [9.17, 15) is 14.7 Å². The van der Waals surface area contributed by atoms with Crippen LogP contribution in [-0.4, -0.2) is 93.5 Å². The number of hydrogen-bond donors (Lipinski definition) is 5. The highest BCUT2D eigenvalue weighted by Crippen LogP contribution is 2.63. The van der Waals surface area contributed by atoms with Crippen molar-refractivity contribution in [2.75, 3.05) is 20.7 Å². The molecular weight excluding hydrogens is 422 g/mol. The van der Waals surface area contributed by atoms with Crippen LogP contribution >= 0.6 is 0 Å². The summed E-state index contributed by atoms with van der Waals surface area (Å²) in [5.74, 6) is -1.20. The van der Waals surface area contributed by atoms with Gasteiger partial charge in [0.2, 0.25) is 0 Å². The first kappa shape index (κ1) is 22.8. The van der Waals surface area contributed by atoms with Gasteiger partial charge in [0.25, 0.3) is 0 Å². The zero-order valence-corrected chi connectivity index (χ0v) is 18.0. The Morgan fingerprint density at radius 1 is 1.19 bits per heavy atom. The third kappa shape index (κ3) is 3.24. The number of likely N-dealkylation sites (N-methyl/N-ethyl adjacent to an activating group) is 1. The SMILES string of the molecule is COc1ccc2c3c1O[C@H]1[C@@H](O)CC[C@H]4[C@@H](C2)N(C)CC[C@@]341.O=C(O)C(O)C(O)C(=O)O. The molecule has 7 atom stereocenters. The van der Waals surface area contributed by atoms with E-state index < -0.39 is 24.1 Å². The van der Waals surface area contributed by atoms with Gasteiger partial charge in [-0.1, -0.05) is 6.07 Å². The zero-order valence-electron chi connectivity index (χ0n) is 18.0. The van der Waals surface area contributed by atoms with Gasteiger partial charge in [0.05, 0.1) is 13.2 Å². The summed E-state index contributed by atoms with van der Waals surface area (Å²) >= 11 is 0. The summed E-state index contributed by atoms with van der Waals surface area (Å²) in [5.41, 5.74) is 2.77. The summed E-state index contributed by atoms with van der Waals surface area (Å²) in [6.07, 6.45) is -0.841. The lowest BCUT2D eigenvalue weighted by molar-refractivity contribution is -0.165. The van der Waals surface area contributed by atoms with Crippen LogP contribution in [0.2, 0.25) is 0 Å². The van der Waals surface area contributed by atoms with E-state index in [2.05, 4.69) is 18.0 Å². The normalized spacial score (nSPS) is 33.7. The lowest BCUT2D eigenvalue weighted by atomic mass is 9.51. The van der Waals surface area contributed by atoms with Crippen LogP contribution in [0.3, 0.4) is 0 Å². The molecule has 4 aliphatic rings. The number of carboxylic acid groups (broad SMARTS) is 2. The van der Waals surface area contributed by atoms with Gasteiger partial charge in [-0.25, -0.2) is 9.59 Å². The molecule has 10 nitrogen and oxygen atoms in total. The molecule has 10 heteroatoms. The highest BCUT2D eigenvalue weighted by Gasteiger charge is 2.65. The van der Waals surface area contributed by atoms with Crippen molar-refractivity contribution in [2.24, 2.45) is 5.92 Å². The van der Waals surface area contributed by atoms with Crippen LogP contribution in [0.4, 0.5) is 0 Å². The average molecular weight is 451 g/mol. The maximum atomic E-state index is 10.6. The maximum Gasteiger partial charge on any atom is 0.335 e. The van der Waals surface area contributed by atoms with Crippen molar-refractivity contribution < 1.29 is 44.6 Å². The standard InChI is InChI=1S/C18H23NO3.C4H6O6/c1-19-8-7-18-11-4-5-13(20)17(18)22-16-14(21-2)6-3-10(15(16)18)9-12(11)19;5-1(3(7)8)2(6)4(9)10/h3,6,11-13,17,20H,4-5,7-9H2,1-2H3;1-2,5-6H,(H,7,8)(H,9,10)/t11-,12+,13-,17-,18-;/m0./s1. The molecule has 1 saturated carbocycles. The van der Waals surface area contributed by atoms with Crippen LogP contribution in [0.5, 0.6) is 11.5 Å². The summed E-state index contributed by atoms with van der Waals surface area (Å²) in [7, 11) is 3.96. The summed E-state index contributed by atoms with van der Waals surface area (Å²) in [6, 6.07) is 4.83. The van der Waals surface area contributed by atoms with E-state index in [1.165, 1.54) is 11.1 Å². The Hall–Kier alpha value is -2.40. The molecule has 176 valence electrons. The number of benzene rings is 1. The topological polar surface area (TPSA) is 157 Å². The van der Waals surface area contributed by atoms with E-state index in [0.717, 1.165) is 43.7 Å². The lowest BCUT2D eigenvalue weighted by Gasteiger charge is -2.58. The molecule has 0 radical (unpaired) electrons. The van der Waals surface area contributed by atoms with Crippen molar-refractivity contribution in [1.29, 1.82) is 0 Å². The van der Waals surface area contributed by atoms with Gasteiger partial charge in [0, 0.05) is 17.0 Å². The Labute approximate surface area is 185 Å². The number of aliphatic hydroxyl groups excluding tert-OH is 3. The molecule has 0 aromatic heterocycles. The quantitative estimate of drug-likeness (QED) is 0.408. The van der Waals surface area contributed by atoms with Gasteiger partial charge in [-0.3, -0.25) is 0 Å². The number of piperidine rings is 1. The minimum atomic E-state index is -2.27. The molecule has 0 amide bonds. The maximum absolute atomic E-state index is 10.6. The van der Waals surface area contributed by atoms with Gasteiger partial charge >= 0.3 is 11.9 Å². The first-order chi connectivity index (χ1) is 15.1. The van der Waals surface area contributed by atoms with Gasteiger partial charge in [-0.15, -0.1) is 0 Å².